The van der Waals surface area contributed by atoms with Crippen LogP contribution in [0.1, 0.15) is 11.1 Å². The number of para-hydroxylation sites is 1. The van der Waals surface area contributed by atoms with E-state index in [9.17, 15) is 4.39 Å². The van der Waals surface area contributed by atoms with Gasteiger partial charge >= 0.3 is 0 Å². The summed E-state index contributed by atoms with van der Waals surface area (Å²) in [6.45, 7) is 2.29. The summed E-state index contributed by atoms with van der Waals surface area (Å²) in [5, 5.41) is 0.206. The molecule has 0 amide bonds. The third-order valence-electron chi connectivity index (χ3n) is 2.54. The molecule has 1 aromatic heterocycles. The van der Waals surface area contributed by atoms with Crippen LogP contribution in [0.3, 0.4) is 0 Å². The Morgan fingerprint density at radius 3 is 2.74 bits per heavy atom. The quantitative estimate of drug-likeness (QED) is 0.936. The maximum Gasteiger partial charge on any atom is 0.219 e. The Morgan fingerprint density at radius 2 is 2.16 bits per heavy atom. The van der Waals surface area contributed by atoms with Crippen molar-refractivity contribution in [1.82, 2.24) is 4.98 Å². The number of benzene rings is 1. The fourth-order valence-corrected chi connectivity index (χ4v) is 1.71. The Morgan fingerprint density at radius 1 is 1.42 bits per heavy atom. The van der Waals surface area contributed by atoms with Gasteiger partial charge in [0.15, 0.2) is 11.6 Å². The van der Waals surface area contributed by atoms with Crippen molar-refractivity contribution in [2.24, 2.45) is 5.73 Å². The summed E-state index contributed by atoms with van der Waals surface area (Å²) in [5.41, 5.74) is 7.40. The van der Waals surface area contributed by atoms with Crippen LogP contribution < -0.4 is 10.5 Å². The van der Waals surface area contributed by atoms with Crippen LogP contribution in [0, 0.1) is 12.7 Å². The van der Waals surface area contributed by atoms with Gasteiger partial charge in [0.2, 0.25) is 5.88 Å². The second kappa shape index (κ2) is 6.70. The lowest BCUT2D eigenvalue weighted by Crippen LogP contribution is -2.01. The maximum atomic E-state index is 13.5. The maximum absolute atomic E-state index is 13.5. The van der Waals surface area contributed by atoms with Crippen molar-refractivity contribution >= 4 is 24.0 Å². The van der Waals surface area contributed by atoms with Gasteiger partial charge in [-0.25, -0.2) is 9.37 Å². The zero-order chi connectivity index (χ0) is 13.1. The molecule has 2 N–H and O–H groups in total. The topological polar surface area (TPSA) is 48.1 Å². The number of hydrogen-bond donors (Lipinski definition) is 1. The van der Waals surface area contributed by atoms with Crippen LogP contribution in [0.5, 0.6) is 11.6 Å². The SMILES string of the molecule is Cc1cc(Oc2c(F)cccc2Cl)ncc1CN.Cl. The van der Waals surface area contributed by atoms with Gasteiger partial charge in [-0.1, -0.05) is 17.7 Å². The third-order valence-corrected chi connectivity index (χ3v) is 2.84. The molecule has 102 valence electrons. The monoisotopic (exact) mass is 302 g/mol. The summed E-state index contributed by atoms with van der Waals surface area (Å²) < 4.78 is 18.9. The average Bonchev–Trinajstić information content (AvgIpc) is 2.34. The molecule has 0 aliphatic rings. The van der Waals surface area contributed by atoms with E-state index < -0.39 is 5.82 Å². The molecule has 6 heteroatoms. The first-order valence-electron chi connectivity index (χ1n) is 5.39. The Bertz CT molecular complexity index is 558. The Labute approximate surface area is 122 Å². The number of nitrogens with two attached hydrogens (primary N) is 1. The summed E-state index contributed by atoms with van der Waals surface area (Å²) in [6, 6.07) is 6.05. The number of rotatable bonds is 3. The Kier molecular flexibility index (Phi) is 5.54. The summed E-state index contributed by atoms with van der Waals surface area (Å²) in [6.07, 6.45) is 1.61. The van der Waals surface area contributed by atoms with Gasteiger partial charge in [0.25, 0.3) is 0 Å². The lowest BCUT2D eigenvalue weighted by Gasteiger charge is -2.09. The molecule has 2 rings (SSSR count). The molecule has 0 saturated carbocycles. The average molecular weight is 303 g/mol. The third kappa shape index (κ3) is 3.56. The minimum Gasteiger partial charge on any atom is -0.434 e. The van der Waals surface area contributed by atoms with E-state index in [2.05, 4.69) is 4.98 Å². The number of aromatic nitrogens is 1. The summed E-state index contributed by atoms with van der Waals surface area (Å²) >= 11 is 5.86. The standard InChI is InChI=1S/C13H12ClFN2O.ClH/c1-8-5-12(17-7-9(8)6-16)18-13-10(14)3-2-4-11(13)15;/h2-5,7H,6,16H2,1H3;1H. The molecular formula is C13H13Cl2FN2O. The second-order valence-corrected chi connectivity index (χ2v) is 4.21. The first-order chi connectivity index (χ1) is 8.61. The normalized spacial score (nSPS) is 9.89. The molecule has 0 aliphatic carbocycles. The number of ether oxygens (including phenoxy) is 1. The summed E-state index contributed by atoms with van der Waals surface area (Å²) in [4.78, 5) is 4.06. The zero-order valence-corrected chi connectivity index (χ0v) is 11.8. The lowest BCUT2D eigenvalue weighted by atomic mass is 10.1. The van der Waals surface area contributed by atoms with Crippen LogP contribution >= 0.6 is 24.0 Å². The zero-order valence-electron chi connectivity index (χ0n) is 10.2. The number of hydrogen-bond acceptors (Lipinski definition) is 3. The first kappa shape index (κ1) is 15.7. The second-order valence-electron chi connectivity index (χ2n) is 3.81. The number of nitrogens with zero attached hydrogens (tertiary/aromatic N) is 1. The molecule has 19 heavy (non-hydrogen) atoms. The Balaban J connectivity index is 0.00000180. The number of pyridine rings is 1. The van der Waals surface area contributed by atoms with Crippen molar-refractivity contribution in [3.8, 4) is 11.6 Å². The van der Waals surface area contributed by atoms with Crippen molar-refractivity contribution in [1.29, 1.82) is 0 Å². The van der Waals surface area contributed by atoms with Crippen LogP contribution in [0.4, 0.5) is 4.39 Å². The highest BCUT2D eigenvalue weighted by Crippen LogP contribution is 2.31. The van der Waals surface area contributed by atoms with Crippen LogP contribution in [-0.2, 0) is 6.54 Å². The van der Waals surface area contributed by atoms with Crippen molar-refractivity contribution in [3.63, 3.8) is 0 Å². The largest absolute Gasteiger partial charge is 0.434 e. The van der Waals surface area contributed by atoms with E-state index in [0.29, 0.717) is 6.54 Å². The highest BCUT2D eigenvalue weighted by Gasteiger charge is 2.10. The molecule has 1 heterocycles. The number of aryl methyl sites for hydroxylation is 1. The van der Waals surface area contributed by atoms with Crippen LogP contribution in [0.15, 0.2) is 30.5 Å². The molecule has 3 nitrogen and oxygen atoms in total. The fraction of sp³-hybridized carbons (Fsp3) is 0.154. The molecule has 0 spiro atoms. The van der Waals surface area contributed by atoms with Crippen LogP contribution in [-0.4, -0.2) is 4.98 Å². The molecule has 1 aromatic carbocycles. The van der Waals surface area contributed by atoms with Gasteiger partial charge in [-0.2, -0.15) is 0 Å². The van der Waals surface area contributed by atoms with Crippen molar-refractivity contribution in [3.05, 3.63) is 52.4 Å². The van der Waals surface area contributed by atoms with Gasteiger partial charge in [0.1, 0.15) is 0 Å². The molecule has 0 saturated heterocycles. The van der Waals surface area contributed by atoms with Crippen molar-refractivity contribution < 1.29 is 9.13 Å². The molecule has 0 unspecified atom stereocenters. The van der Waals surface area contributed by atoms with Gasteiger partial charge in [0, 0.05) is 18.8 Å². The molecule has 2 aromatic rings. The van der Waals surface area contributed by atoms with Gasteiger partial charge < -0.3 is 10.5 Å². The summed E-state index contributed by atoms with van der Waals surface area (Å²) in [7, 11) is 0. The molecule has 0 fully saturated rings. The predicted octanol–water partition coefficient (Wildman–Crippen LogP) is 3.86. The minimum absolute atomic E-state index is 0. The first-order valence-corrected chi connectivity index (χ1v) is 5.77. The van der Waals surface area contributed by atoms with Crippen LogP contribution in [0.2, 0.25) is 5.02 Å². The minimum atomic E-state index is -0.523. The molecular weight excluding hydrogens is 290 g/mol. The fourth-order valence-electron chi connectivity index (χ4n) is 1.51. The van der Waals surface area contributed by atoms with E-state index in [1.54, 1.807) is 18.3 Å². The van der Waals surface area contributed by atoms with E-state index in [-0.39, 0.29) is 29.1 Å². The molecule has 0 bridgehead atoms. The Hall–Kier alpha value is -1.36. The molecule has 0 atom stereocenters. The predicted molar refractivity (Wildman–Crippen MR) is 75.6 cm³/mol. The van der Waals surface area contributed by atoms with E-state index in [0.717, 1.165) is 11.1 Å². The van der Waals surface area contributed by atoms with E-state index in [1.165, 1.54) is 12.1 Å². The van der Waals surface area contributed by atoms with Crippen molar-refractivity contribution in [2.75, 3.05) is 0 Å². The van der Waals surface area contributed by atoms with Crippen molar-refractivity contribution in [2.45, 2.75) is 13.5 Å². The summed E-state index contributed by atoms with van der Waals surface area (Å²) in [5.74, 6) is -0.256. The highest BCUT2D eigenvalue weighted by molar-refractivity contribution is 6.32. The van der Waals surface area contributed by atoms with E-state index in [1.807, 2.05) is 6.92 Å². The van der Waals surface area contributed by atoms with E-state index >= 15 is 0 Å². The molecule has 0 aliphatic heterocycles. The van der Waals surface area contributed by atoms with E-state index in [4.69, 9.17) is 22.1 Å². The van der Waals surface area contributed by atoms with Crippen LogP contribution in [0.25, 0.3) is 0 Å². The van der Waals surface area contributed by atoms with Gasteiger partial charge in [0.05, 0.1) is 5.02 Å². The van der Waals surface area contributed by atoms with Gasteiger partial charge in [-0.3, -0.25) is 0 Å². The van der Waals surface area contributed by atoms with Gasteiger partial charge in [-0.15, -0.1) is 12.4 Å². The molecule has 0 radical (unpaired) electrons. The smallest absolute Gasteiger partial charge is 0.219 e. The number of halogens is 3. The lowest BCUT2D eigenvalue weighted by molar-refractivity contribution is 0.427. The van der Waals surface area contributed by atoms with Gasteiger partial charge in [-0.05, 0) is 30.2 Å². The highest BCUT2D eigenvalue weighted by atomic mass is 35.5.